The Bertz CT molecular complexity index is 301. The molecule has 1 fully saturated rings. The van der Waals surface area contributed by atoms with Gasteiger partial charge in [0.1, 0.15) is 11.6 Å². The van der Waals surface area contributed by atoms with E-state index < -0.39 is 23.6 Å². The molecule has 1 saturated heterocycles. The number of hydrogen-bond acceptors (Lipinski definition) is 4. The second kappa shape index (κ2) is 4.78. The predicted octanol–water partition coefficient (Wildman–Crippen LogP) is -0.562. The van der Waals surface area contributed by atoms with E-state index in [-0.39, 0.29) is 35.2 Å². The fourth-order valence-electron chi connectivity index (χ4n) is 1.71. The van der Waals surface area contributed by atoms with Gasteiger partial charge in [0.05, 0.1) is 0 Å². The third-order valence-corrected chi connectivity index (χ3v) is 2.63. The van der Waals surface area contributed by atoms with Crippen molar-refractivity contribution in [3.05, 3.63) is 0 Å². The van der Waals surface area contributed by atoms with E-state index in [9.17, 15) is 19.5 Å². The number of carboxylic acid groups (broad SMARTS) is 1. The first kappa shape index (κ1) is 14.2. The van der Waals surface area contributed by atoms with Gasteiger partial charge in [-0.05, 0) is 12.8 Å². The SMILES string of the molecule is CCC1(CC)C(=O)NC(=O)N1C(=O)[O-].[Ag+]. The Morgan fingerprint density at radius 2 is 1.87 bits per heavy atom. The molecule has 0 aromatic heterocycles. The van der Waals surface area contributed by atoms with E-state index in [2.05, 4.69) is 0 Å². The Morgan fingerprint density at radius 3 is 2.13 bits per heavy atom. The number of nitrogens with zero attached hydrogens (tertiary/aromatic N) is 1. The van der Waals surface area contributed by atoms with Crippen LogP contribution in [0.2, 0.25) is 0 Å². The van der Waals surface area contributed by atoms with E-state index >= 15 is 0 Å². The minimum absolute atomic E-state index is 0. The molecule has 0 aliphatic carbocycles. The molecule has 0 spiro atoms. The van der Waals surface area contributed by atoms with Crippen molar-refractivity contribution in [2.75, 3.05) is 0 Å². The molecule has 1 rings (SSSR count). The molecule has 4 amide bonds. The summed E-state index contributed by atoms with van der Waals surface area (Å²) in [5.74, 6) is -0.572. The summed E-state index contributed by atoms with van der Waals surface area (Å²) in [5, 5.41) is 12.7. The first-order valence-corrected chi connectivity index (χ1v) is 4.36. The molecule has 0 aromatic rings. The number of carbonyl (C=O) groups excluding carboxylic acids is 3. The van der Waals surface area contributed by atoms with Crippen molar-refractivity contribution in [3.8, 4) is 0 Å². The van der Waals surface area contributed by atoms with Gasteiger partial charge in [0.25, 0.3) is 5.91 Å². The van der Waals surface area contributed by atoms with E-state index in [1.807, 2.05) is 5.32 Å². The molecule has 88 valence electrons. The Morgan fingerprint density at radius 1 is 1.40 bits per heavy atom. The molecule has 1 N–H and O–H groups in total. The summed E-state index contributed by atoms with van der Waals surface area (Å²) in [5.41, 5.74) is -1.28. The zero-order valence-electron chi connectivity index (χ0n) is 8.30. The molecule has 7 heteroatoms. The van der Waals surface area contributed by atoms with Crippen molar-refractivity contribution in [2.45, 2.75) is 32.2 Å². The van der Waals surface area contributed by atoms with Gasteiger partial charge in [-0.3, -0.25) is 15.0 Å². The van der Waals surface area contributed by atoms with E-state index in [0.29, 0.717) is 4.90 Å². The second-order valence-electron chi connectivity index (χ2n) is 3.10. The van der Waals surface area contributed by atoms with Crippen LogP contribution >= 0.6 is 0 Å². The van der Waals surface area contributed by atoms with Crippen molar-refractivity contribution in [2.24, 2.45) is 0 Å². The average molecular weight is 307 g/mol. The standard InChI is InChI=1S/C8H12N2O4.Ag/c1-3-8(4-2)5(11)9-6(12)10(8)7(13)14;/h3-4H2,1-2H3,(H,13,14)(H,9,11,12);/q;+1/p-1. The minimum atomic E-state index is -1.64. The largest absolute Gasteiger partial charge is 1.00 e. The maximum Gasteiger partial charge on any atom is 1.00 e. The Kier molecular flexibility index (Phi) is 4.51. The molecule has 1 aliphatic heterocycles. The van der Waals surface area contributed by atoms with Crippen molar-refractivity contribution in [1.29, 1.82) is 0 Å². The van der Waals surface area contributed by atoms with Gasteiger partial charge in [-0.2, -0.15) is 0 Å². The first-order valence-electron chi connectivity index (χ1n) is 4.36. The Hall–Kier alpha value is -0.850. The summed E-state index contributed by atoms with van der Waals surface area (Å²) in [6.07, 6.45) is -1.15. The van der Waals surface area contributed by atoms with Gasteiger partial charge >= 0.3 is 28.4 Å². The Balaban J connectivity index is 0.00000196. The van der Waals surface area contributed by atoms with Crippen LogP contribution in [0.3, 0.4) is 0 Å². The number of rotatable bonds is 2. The molecule has 0 bridgehead atoms. The van der Waals surface area contributed by atoms with E-state index in [1.165, 1.54) is 0 Å². The molecule has 0 atom stereocenters. The molecular formula is C8H11AgN2O4. The molecular weight excluding hydrogens is 296 g/mol. The van der Waals surface area contributed by atoms with Gasteiger partial charge < -0.3 is 9.90 Å². The molecule has 6 nitrogen and oxygen atoms in total. The van der Waals surface area contributed by atoms with Crippen LogP contribution < -0.4 is 10.4 Å². The molecule has 1 heterocycles. The summed E-state index contributed by atoms with van der Waals surface area (Å²) in [6, 6.07) is -0.918. The number of urea groups is 1. The fraction of sp³-hybridized carbons (Fsp3) is 0.625. The van der Waals surface area contributed by atoms with Crippen LogP contribution in [-0.2, 0) is 27.2 Å². The van der Waals surface area contributed by atoms with Crippen LogP contribution in [0.25, 0.3) is 0 Å². The zero-order valence-corrected chi connectivity index (χ0v) is 9.78. The van der Waals surface area contributed by atoms with Crippen molar-refractivity contribution in [3.63, 3.8) is 0 Å². The number of imide groups is 2. The average Bonchev–Trinajstić information content (AvgIpc) is 2.37. The summed E-state index contributed by atoms with van der Waals surface area (Å²) in [6.45, 7) is 3.30. The number of amides is 4. The monoisotopic (exact) mass is 306 g/mol. The molecule has 0 aromatic carbocycles. The first-order chi connectivity index (χ1) is 6.49. The topological polar surface area (TPSA) is 89.5 Å². The van der Waals surface area contributed by atoms with Gasteiger partial charge in [-0.25, -0.2) is 4.79 Å². The van der Waals surface area contributed by atoms with Gasteiger partial charge in [0.2, 0.25) is 0 Å². The maximum atomic E-state index is 11.4. The van der Waals surface area contributed by atoms with Gasteiger partial charge in [-0.1, -0.05) is 13.8 Å². The van der Waals surface area contributed by atoms with Crippen LogP contribution in [0.4, 0.5) is 9.59 Å². The van der Waals surface area contributed by atoms with E-state index in [1.54, 1.807) is 13.8 Å². The summed E-state index contributed by atoms with van der Waals surface area (Å²) in [7, 11) is 0. The van der Waals surface area contributed by atoms with Crippen LogP contribution in [0, 0.1) is 0 Å². The summed E-state index contributed by atoms with van der Waals surface area (Å²) in [4.78, 5) is 33.7. The van der Waals surface area contributed by atoms with Gasteiger partial charge in [0, 0.05) is 0 Å². The Labute approximate surface area is 103 Å². The second-order valence-corrected chi connectivity index (χ2v) is 3.10. The van der Waals surface area contributed by atoms with Crippen LogP contribution in [-0.4, -0.2) is 28.5 Å². The number of nitrogens with one attached hydrogen (secondary N) is 1. The fourth-order valence-corrected chi connectivity index (χ4v) is 1.71. The zero-order chi connectivity index (χ0) is 10.9. The van der Waals surface area contributed by atoms with Gasteiger partial charge in [-0.15, -0.1) is 0 Å². The van der Waals surface area contributed by atoms with Crippen LogP contribution in [0.1, 0.15) is 26.7 Å². The summed E-state index contributed by atoms with van der Waals surface area (Å²) >= 11 is 0. The maximum absolute atomic E-state index is 11.4. The molecule has 0 saturated carbocycles. The smallest absolute Gasteiger partial charge is 0.529 e. The van der Waals surface area contributed by atoms with E-state index in [4.69, 9.17) is 0 Å². The normalized spacial score (nSPS) is 18.4. The number of hydrogen-bond donors (Lipinski definition) is 1. The minimum Gasteiger partial charge on any atom is -0.529 e. The third kappa shape index (κ3) is 1.92. The molecule has 0 unspecified atom stereocenters. The quantitative estimate of drug-likeness (QED) is 0.547. The van der Waals surface area contributed by atoms with Crippen LogP contribution in [0.5, 0.6) is 0 Å². The predicted molar refractivity (Wildman–Crippen MR) is 44.1 cm³/mol. The van der Waals surface area contributed by atoms with Crippen molar-refractivity contribution >= 4 is 18.0 Å². The van der Waals surface area contributed by atoms with E-state index in [0.717, 1.165) is 0 Å². The number of carbonyl (C=O) groups is 3. The van der Waals surface area contributed by atoms with Crippen molar-refractivity contribution in [1.82, 2.24) is 10.2 Å². The molecule has 0 radical (unpaired) electrons. The van der Waals surface area contributed by atoms with Crippen molar-refractivity contribution < 1.29 is 41.9 Å². The summed E-state index contributed by atoms with van der Waals surface area (Å²) < 4.78 is 0. The molecule has 1 aliphatic rings. The van der Waals surface area contributed by atoms with Gasteiger partial charge in [0.15, 0.2) is 0 Å². The van der Waals surface area contributed by atoms with Crippen LogP contribution in [0.15, 0.2) is 0 Å². The third-order valence-electron chi connectivity index (χ3n) is 2.63. The molecule has 15 heavy (non-hydrogen) atoms.